The molecular formula is C12H13. The standard InChI is InChI=1S/C12H13/c1-2-4-6-8-10-12-11-9-7-5-3-1/h1-5,8,10-12H,6,9H2/b3-1+,4-2-,7-5?,10-8-,12-11+. The van der Waals surface area contributed by atoms with Gasteiger partial charge in [0.2, 0.25) is 0 Å². The van der Waals surface area contributed by atoms with Crippen molar-refractivity contribution in [2.24, 2.45) is 0 Å². The predicted molar refractivity (Wildman–Crippen MR) is 53.6 cm³/mol. The van der Waals surface area contributed by atoms with E-state index in [0.717, 1.165) is 12.8 Å². The fourth-order valence-electron chi connectivity index (χ4n) is 0.863. The number of hydrogen-bond donors (Lipinski definition) is 0. The summed E-state index contributed by atoms with van der Waals surface area (Å²) in [6.07, 6.45) is 23.5. The molecule has 0 aliphatic heterocycles. The summed E-state index contributed by atoms with van der Waals surface area (Å²) >= 11 is 0. The molecule has 0 saturated carbocycles. The molecule has 1 rings (SSSR count). The molecule has 0 fully saturated rings. The molecule has 0 amide bonds. The highest BCUT2D eigenvalue weighted by atomic mass is 13.8. The molecular weight excluding hydrogens is 144 g/mol. The summed E-state index contributed by atoms with van der Waals surface area (Å²) in [6, 6.07) is 0. The normalized spacial score (nSPS) is 30.7. The van der Waals surface area contributed by atoms with Gasteiger partial charge in [0.25, 0.3) is 0 Å². The summed E-state index contributed by atoms with van der Waals surface area (Å²) in [5.74, 6) is 0. The van der Waals surface area contributed by atoms with Gasteiger partial charge in [-0.25, -0.2) is 0 Å². The molecule has 0 aromatic carbocycles. The highest BCUT2D eigenvalue weighted by molar-refractivity contribution is 5.13. The van der Waals surface area contributed by atoms with Crippen LogP contribution in [0.1, 0.15) is 12.8 Å². The monoisotopic (exact) mass is 157 g/mol. The third-order valence-corrected chi connectivity index (χ3v) is 1.46. The molecule has 0 spiro atoms. The Labute approximate surface area is 74.3 Å². The summed E-state index contributed by atoms with van der Waals surface area (Å²) in [5, 5.41) is 0. The second kappa shape index (κ2) is 6.41. The lowest BCUT2D eigenvalue weighted by Gasteiger charge is -1.82. The van der Waals surface area contributed by atoms with E-state index in [2.05, 4.69) is 36.5 Å². The Morgan fingerprint density at radius 2 is 1.50 bits per heavy atom. The first-order chi connectivity index (χ1) is 6.00. The van der Waals surface area contributed by atoms with Gasteiger partial charge in [-0.15, -0.1) is 0 Å². The molecule has 0 unspecified atom stereocenters. The lowest BCUT2D eigenvalue weighted by Crippen LogP contribution is -1.62. The fourth-order valence-corrected chi connectivity index (χ4v) is 0.863. The van der Waals surface area contributed by atoms with Crippen molar-refractivity contribution in [1.29, 1.82) is 0 Å². The van der Waals surface area contributed by atoms with E-state index in [9.17, 15) is 0 Å². The molecule has 0 aromatic heterocycles. The topological polar surface area (TPSA) is 0 Å². The zero-order valence-corrected chi connectivity index (χ0v) is 7.11. The van der Waals surface area contributed by atoms with E-state index in [0.29, 0.717) is 0 Å². The summed E-state index contributed by atoms with van der Waals surface area (Å²) in [4.78, 5) is 0. The first-order valence-electron chi connectivity index (χ1n) is 4.20. The molecule has 0 heterocycles. The van der Waals surface area contributed by atoms with Crippen LogP contribution in [0.4, 0.5) is 0 Å². The molecule has 1 radical (unpaired) electrons. The summed E-state index contributed by atoms with van der Waals surface area (Å²) in [6.45, 7) is 0. The third-order valence-electron chi connectivity index (χ3n) is 1.46. The lowest BCUT2D eigenvalue weighted by atomic mass is 10.2. The predicted octanol–water partition coefficient (Wildman–Crippen LogP) is 3.36. The van der Waals surface area contributed by atoms with Crippen molar-refractivity contribution in [2.45, 2.75) is 12.8 Å². The Morgan fingerprint density at radius 1 is 0.750 bits per heavy atom. The second-order valence-electron chi connectivity index (χ2n) is 2.48. The summed E-state index contributed by atoms with van der Waals surface area (Å²) < 4.78 is 0. The van der Waals surface area contributed by atoms with E-state index >= 15 is 0 Å². The fraction of sp³-hybridized carbons (Fsp3) is 0.167. The second-order valence-corrected chi connectivity index (χ2v) is 2.48. The van der Waals surface area contributed by atoms with Crippen LogP contribution in [0.3, 0.4) is 0 Å². The van der Waals surface area contributed by atoms with Crippen molar-refractivity contribution in [3.05, 3.63) is 60.8 Å². The van der Waals surface area contributed by atoms with Crippen LogP contribution in [-0.2, 0) is 0 Å². The molecule has 0 saturated heterocycles. The molecule has 0 atom stereocenters. The van der Waals surface area contributed by atoms with Gasteiger partial charge in [-0.2, -0.15) is 0 Å². The average Bonchev–Trinajstić information content (AvgIpc) is 2.05. The Kier molecular flexibility index (Phi) is 4.70. The Bertz CT molecular complexity index is 211. The Hall–Kier alpha value is -1.30. The van der Waals surface area contributed by atoms with E-state index in [-0.39, 0.29) is 0 Å². The Morgan fingerprint density at radius 3 is 2.42 bits per heavy atom. The minimum absolute atomic E-state index is 0.887. The van der Waals surface area contributed by atoms with Crippen LogP contribution in [0.15, 0.2) is 54.7 Å². The smallest absolute Gasteiger partial charge is 0.00915 e. The molecule has 12 heavy (non-hydrogen) atoms. The SMILES string of the molecule is [C]1=C/C=C/C=C\C/C=C\C=C\C\1. The molecule has 0 bridgehead atoms. The largest absolute Gasteiger partial charge is 0.0808 e. The van der Waals surface area contributed by atoms with Gasteiger partial charge in [0.1, 0.15) is 0 Å². The van der Waals surface area contributed by atoms with Gasteiger partial charge in [-0.05, 0) is 18.9 Å². The lowest BCUT2D eigenvalue weighted by molar-refractivity contribution is 1.33. The first kappa shape index (κ1) is 8.79. The average molecular weight is 157 g/mol. The van der Waals surface area contributed by atoms with Gasteiger partial charge >= 0.3 is 0 Å². The van der Waals surface area contributed by atoms with E-state index in [1.165, 1.54) is 0 Å². The number of allylic oxidation sites excluding steroid dienone is 10. The zero-order chi connectivity index (χ0) is 8.49. The number of hydrogen-bond acceptors (Lipinski definition) is 0. The van der Waals surface area contributed by atoms with Gasteiger partial charge < -0.3 is 0 Å². The Balaban J connectivity index is 2.55. The van der Waals surface area contributed by atoms with Crippen LogP contribution in [0, 0.1) is 6.08 Å². The van der Waals surface area contributed by atoms with E-state index < -0.39 is 0 Å². The first-order valence-corrected chi connectivity index (χ1v) is 4.20. The van der Waals surface area contributed by atoms with Crippen LogP contribution in [-0.4, -0.2) is 0 Å². The van der Waals surface area contributed by atoms with Crippen molar-refractivity contribution in [2.75, 3.05) is 0 Å². The summed E-state index contributed by atoms with van der Waals surface area (Å²) in [5.41, 5.74) is 0. The van der Waals surface area contributed by atoms with Crippen molar-refractivity contribution in [3.63, 3.8) is 0 Å². The van der Waals surface area contributed by atoms with Crippen molar-refractivity contribution >= 4 is 0 Å². The highest BCUT2D eigenvalue weighted by Gasteiger charge is 1.72. The van der Waals surface area contributed by atoms with Crippen LogP contribution in [0.2, 0.25) is 0 Å². The molecule has 0 N–H and O–H groups in total. The third kappa shape index (κ3) is 4.51. The minimum atomic E-state index is 0.887. The van der Waals surface area contributed by atoms with Crippen molar-refractivity contribution in [1.82, 2.24) is 0 Å². The maximum absolute atomic E-state index is 3.14. The highest BCUT2D eigenvalue weighted by Crippen LogP contribution is 1.92. The van der Waals surface area contributed by atoms with E-state index in [4.69, 9.17) is 0 Å². The van der Waals surface area contributed by atoms with Crippen LogP contribution >= 0.6 is 0 Å². The van der Waals surface area contributed by atoms with Gasteiger partial charge in [0, 0.05) is 0 Å². The molecule has 0 heteroatoms. The zero-order valence-electron chi connectivity index (χ0n) is 7.11. The maximum atomic E-state index is 3.14. The van der Waals surface area contributed by atoms with Gasteiger partial charge in [-0.1, -0.05) is 54.7 Å². The van der Waals surface area contributed by atoms with E-state index in [1.807, 2.05) is 24.3 Å². The molecule has 0 aromatic rings. The van der Waals surface area contributed by atoms with Gasteiger partial charge in [0.05, 0.1) is 0 Å². The van der Waals surface area contributed by atoms with Gasteiger partial charge in [0.15, 0.2) is 0 Å². The molecule has 1 aliphatic carbocycles. The van der Waals surface area contributed by atoms with Crippen molar-refractivity contribution in [3.8, 4) is 0 Å². The summed E-state index contributed by atoms with van der Waals surface area (Å²) in [7, 11) is 0. The van der Waals surface area contributed by atoms with Crippen LogP contribution in [0.25, 0.3) is 0 Å². The van der Waals surface area contributed by atoms with Crippen LogP contribution in [0.5, 0.6) is 0 Å². The minimum Gasteiger partial charge on any atom is -0.0808 e. The quantitative estimate of drug-likeness (QED) is 0.505. The molecule has 1 aliphatic rings. The molecule has 61 valence electrons. The van der Waals surface area contributed by atoms with Crippen LogP contribution < -0.4 is 0 Å². The van der Waals surface area contributed by atoms with Gasteiger partial charge in [-0.3, -0.25) is 0 Å². The number of rotatable bonds is 0. The molecule has 0 nitrogen and oxygen atoms in total. The van der Waals surface area contributed by atoms with E-state index in [1.54, 1.807) is 0 Å². The maximum Gasteiger partial charge on any atom is -0.00915 e. The van der Waals surface area contributed by atoms with Crippen molar-refractivity contribution < 1.29 is 0 Å².